The number of rotatable bonds is 26. The van der Waals surface area contributed by atoms with Gasteiger partial charge in [0.05, 0.1) is 36.6 Å². The van der Waals surface area contributed by atoms with Crippen molar-refractivity contribution in [2.75, 3.05) is 18.3 Å². The van der Waals surface area contributed by atoms with Gasteiger partial charge in [-0.25, -0.2) is 11.4 Å². The van der Waals surface area contributed by atoms with Gasteiger partial charge in [-0.15, -0.1) is 0 Å². The van der Waals surface area contributed by atoms with Crippen LogP contribution in [0.1, 0.15) is 189 Å². The zero-order valence-corrected chi connectivity index (χ0v) is 68.0. The fraction of sp³-hybridized carbons (Fsp3) is 0.706. The number of fused-ring (bicyclic) bond motifs is 6. The van der Waals surface area contributed by atoms with Gasteiger partial charge in [-0.05, 0) is 225 Å². The fourth-order valence-corrected chi connectivity index (χ4v) is 15.4. The number of phenolic OH excluding ortho intramolecular Hbond substituents is 1. The second-order valence-corrected chi connectivity index (χ2v) is 72.3. The molecule has 6 aliphatic carbocycles. The second-order valence-electron chi connectivity index (χ2n) is 25.2. The van der Waals surface area contributed by atoms with Crippen LogP contribution in [0.25, 0.3) is 4.85 Å². The number of unbranched alkanes of at least 4 members (excludes halogenated alkanes) is 6. The van der Waals surface area contributed by atoms with Crippen molar-refractivity contribution < 1.29 is 69.5 Å². The normalized spacial score (nSPS) is 25.9. The van der Waals surface area contributed by atoms with E-state index in [1.54, 1.807) is 6.07 Å². The number of alkyl halides is 1. The number of phenols is 1. The van der Waals surface area contributed by atoms with Crippen molar-refractivity contribution in [2.24, 2.45) is 53.3 Å². The molecule has 0 spiro atoms. The number of aromatic hydroxyl groups is 1. The van der Waals surface area contributed by atoms with Gasteiger partial charge in [0.25, 0.3) is 0 Å². The summed E-state index contributed by atoms with van der Waals surface area (Å²) in [7, 11) is 0.628. The Hall–Kier alpha value is 1.33. The van der Waals surface area contributed by atoms with Crippen LogP contribution in [-0.2, 0) is 57.7 Å². The van der Waals surface area contributed by atoms with Gasteiger partial charge in [-0.2, -0.15) is 0 Å². The topological polar surface area (TPSA) is 202 Å². The summed E-state index contributed by atoms with van der Waals surface area (Å²) in [5, 5.41) is 81.6. The molecule has 3 saturated carbocycles. The SMILES string of the molecule is CCCCC[C@H](O)CC[C@@H]1[C@H]2Cc3cccc(O)c3C[C@H]2C[C@H]1O.CCCCC[C@H](O)CC[C@@H]1[C@H]2Cc3cccc(OCC(=O)O)c3C[C@H]2C[C@H]1O.CI.[C-]#[N+]COc1cccc2c1C[C@H]1C[C@@H](O)[C@H](CC[C@@H](O)CCCCC)[C@H]1C2.[I][V]([I])[I].[I][V][I]. The molecule has 0 aromatic heterocycles. The Bertz CT molecular complexity index is 2480. The number of benzene rings is 3. The maximum atomic E-state index is 10.8. The van der Waals surface area contributed by atoms with Crippen LogP contribution in [0.4, 0.5) is 0 Å². The molecular weight excluding hydrogens is 1870 g/mol. The van der Waals surface area contributed by atoms with Crippen LogP contribution in [0.2, 0.25) is 0 Å². The van der Waals surface area contributed by atoms with E-state index in [0.717, 1.165) is 165 Å². The van der Waals surface area contributed by atoms with Crippen molar-refractivity contribution in [3.05, 3.63) is 99.4 Å². The van der Waals surface area contributed by atoms with Gasteiger partial charge >= 0.3 is 127 Å². The minimum absolute atomic E-state index is 0.0612. The van der Waals surface area contributed by atoms with E-state index >= 15 is 0 Å². The molecule has 20 heteroatoms. The van der Waals surface area contributed by atoms with Crippen LogP contribution in [0.15, 0.2) is 54.6 Å². The summed E-state index contributed by atoms with van der Waals surface area (Å²) in [4.78, 5) is 15.8. The third kappa shape index (κ3) is 27.3. The predicted molar refractivity (Wildman–Crippen MR) is 400 cm³/mol. The number of carboxylic acids is 1. The van der Waals surface area contributed by atoms with Crippen LogP contribution in [-0.4, -0.2) is 102 Å². The molecule has 15 atom stereocenters. The zero-order chi connectivity index (χ0) is 64.7. The molecule has 88 heavy (non-hydrogen) atoms. The van der Waals surface area contributed by atoms with E-state index in [2.05, 4.69) is 166 Å². The summed E-state index contributed by atoms with van der Waals surface area (Å²) in [5.74, 6) is 4.55. The first-order valence-corrected chi connectivity index (χ1v) is 57.0. The van der Waals surface area contributed by atoms with Crippen LogP contribution in [0.5, 0.6) is 17.2 Å². The van der Waals surface area contributed by atoms with E-state index in [1.165, 1.54) is 47.9 Å². The number of aliphatic hydroxyl groups is 6. The van der Waals surface area contributed by atoms with Crippen molar-refractivity contribution in [3.63, 3.8) is 0 Å². The van der Waals surface area contributed by atoms with Gasteiger partial charge in [0.15, 0.2) is 6.61 Å². The number of hydrogen-bond donors (Lipinski definition) is 8. The van der Waals surface area contributed by atoms with Crippen molar-refractivity contribution in [3.8, 4) is 17.2 Å². The first kappa shape index (κ1) is 81.8. The molecule has 3 aromatic rings. The molecule has 3 aromatic carbocycles. The van der Waals surface area contributed by atoms with E-state index in [-0.39, 0.29) is 66.7 Å². The van der Waals surface area contributed by atoms with E-state index < -0.39 is 5.97 Å². The summed E-state index contributed by atoms with van der Waals surface area (Å²) in [6.45, 7) is 13.2. The van der Waals surface area contributed by atoms with Gasteiger partial charge in [0.2, 0.25) is 0 Å². The molecule has 12 nitrogen and oxygen atoms in total. The summed E-state index contributed by atoms with van der Waals surface area (Å²) in [5.41, 5.74) is 7.20. The Morgan fingerprint density at radius 1 is 0.568 bits per heavy atom. The van der Waals surface area contributed by atoms with Crippen LogP contribution >= 0.6 is 122 Å². The predicted octanol–water partition coefficient (Wildman–Crippen LogP) is 17.3. The molecule has 0 aliphatic heterocycles. The number of hydrogen-bond acceptors (Lipinski definition) is 10. The number of aliphatic carboxylic acids is 1. The number of nitrogens with zero attached hydrogens (tertiary/aromatic N) is 1. The Morgan fingerprint density at radius 3 is 1.24 bits per heavy atom. The minimum atomic E-state index is -0.972. The molecule has 0 radical (unpaired) electrons. The number of ether oxygens (including phenoxy) is 2. The van der Waals surface area contributed by atoms with Gasteiger partial charge < -0.3 is 50.3 Å². The Kier molecular flexibility index (Phi) is 42.5. The Balaban J connectivity index is 0.000000264. The van der Waals surface area contributed by atoms with E-state index in [1.807, 2.05) is 35.3 Å². The summed E-state index contributed by atoms with van der Waals surface area (Å²) < 4.78 is 11.1. The van der Waals surface area contributed by atoms with Crippen LogP contribution in [0.3, 0.4) is 0 Å². The number of carbonyl (C=O) groups is 1. The second kappa shape index (κ2) is 45.8. The summed E-state index contributed by atoms with van der Waals surface area (Å²) >= 11 is 14.3. The van der Waals surface area contributed by atoms with Crippen LogP contribution < -0.4 is 9.47 Å². The average molecular weight is 1970 g/mol. The number of halogens is 6. The van der Waals surface area contributed by atoms with Crippen molar-refractivity contribution >= 4 is 128 Å². The standard InChI is InChI=1S/C23H33NO3.C23H34O5.C21H32O3.CH3I.5HI.2V/c1-3-4-5-8-18(25)10-11-19-20-12-16-7-6-9-23(27-15-24-2)21(16)13-17(20)14-22(19)26;1-2-3-4-7-17(24)9-10-18-19-11-15-6-5-8-22(28-14-23(26)27)20(15)12-16(19)13-21(18)25;1-2-3-4-7-16(22)9-10-17-18-11-14-6-5-8-20(23)19(14)12-15(18)13-21(17)24;1-2;;;;;;;/h6-7,9,17-20,22,25-26H,3-5,8,10-15H2,1H3;5-6,8,16-19,21,24-25H,2-4,7,9-14H2,1H3,(H,26,27);5-6,8,15-18,21-24H,2-4,7,9-13H2,1H3;1H3;5*1H;;/q;;;;;;;;;+2;+3/p-5/t17-,18-,19+,20-,22+;16-,17-,18+,19-,21+;15-,16-,17+,18-,21+;;;;;;;;/m000......../s1. The number of carboxylic acid groups (broad SMARTS) is 1. The average Bonchev–Trinajstić information content (AvgIpc) is 1.69. The van der Waals surface area contributed by atoms with Crippen molar-refractivity contribution in [2.45, 2.75) is 231 Å². The Morgan fingerprint density at radius 2 is 0.898 bits per heavy atom. The van der Waals surface area contributed by atoms with Crippen LogP contribution in [0, 0.1) is 59.8 Å². The van der Waals surface area contributed by atoms with Gasteiger partial charge in [0, 0.05) is 0 Å². The molecule has 6 aliphatic rings. The quantitative estimate of drug-likeness (QED) is 0.0165. The first-order valence-electron chi connectivity index (χ1n) is 32.4. The van der Waals surface area contributed by atoms with Gasteiger partial charge in [-0.1, -0.05) is 138 Å². The first-order chi connectivity index (χ1) is 42.4. The number of aliphatic hydroxyl groups excluding tert-OH is 6. The molecule has 0 saturated heterocycles. The van der Waals surface area contributed by atoms with E-state index in [4.69, 9.17) is 21.2 Å². The molecule has 9 rings (SSSR count). The zero-order valence-electron chi connectivity index (χ0n) is 52.3. The molecule has 0 amide bonds. The van der Waals surface area contributed by atoms with E-state index in [0.29, 0.717) is 62.4 Å². The molecule has 0 unspecified atom stereocenters. The van der Waals surface area contributed by atoms with Gasteiger partial charge in [0.1, 0.15) is 17.2 Å². The third-order valence-electron chi connectivity index (χ3n) is 19.6. The summed E-state index contributed by atoms with van der Waals surface area (Å²) in [6.07, 6.45) is 24.5. The molecular formula is C68H102I6NO11V2. The fourth-order valence-electron chi connectivity index (χ4n) is 15.4. The van der Waals surface area contributed by atoms with Gasteiger partial charge in [-0.3, -0.25) is 4.85 Å². The Labute approximate surface area is 608 Å². The monoisotopic (exact) mass is 1970 g/mol. The molecule has 8 N–H and O–H groups in total. The van der Waals surface area contributed by atoms with E-state index in [9.17, 15) is 40.5 Å². The molecule has 3 fully saturated rings. The maximum absolute atomic E-state index is 10.8. The molecule has 0 bridgehead atoms. The third-order valence-corrected chi connectivity index (χ3v) is 19.6. The summed E-state index contributed by atoms with van der Waals surface area (Å²) in [6, 6.07) is 17.8. The van der Waals surface area contributed by atoms with Crippen molar-refractivity contribution in [1.29, 1.82) is 0 Å². The molecule has 497 valence electrons. The van der Waals surface area contributed by atoms with Crippen molar-refractivity contribution in [1.82, 2.24) is 0 Å². The molecule has 0 heterocycles.